The molecule has 28 heavy (non-hydrogen) atoms. The van der Waals surface area contributed by atoms with E-state index in [0.29, 0.717) is 0 Å². The second-order valence-corrected chi connectivity index (χ2v) is 10.1. The molecule has 0 saturated carbocycles. The quantitative estimate of drug-likeness (QED) is 0.151. The Bertz CT molecular complexity index is 675. The van der Waals surface area contributed by atoms with Gasteiger partial charge in [-0.1, -0.05) is 0 Å². The predicted molar refractivity (Wildman–Crippen MR) is 90.6 cm³/mol. The Balaban J connectivity index is 2.51. The number of rotatable bonds is 12. The van der Waals surface area contributed by atoms with E-state index in [1.807, 2.05) is 0 Å². The van der Waals surface area contributed by atoms with Crippen LogP contribution in [0.2, 0.25) is 0 Å². The lowest BCUT2D eigenvalue weighted by molar-refractivity contribution is -0.123. The van der Waals surface area contributed by atoms with Crippen LogP contribution in [0.4, 0.5) is 0 Å². The third kappa shape index (κ3) is 9.51. The molecule has 1 amide bonds. The van der Waals surface area contributed by atoms with E-state index in [9.17, 15) is 38.3 Å². The molecule has 1 heterocycles. The molecule has 0 spiro atoms. The van der Waals surface area contributed by atoms with Crippen molar-refractivity contribution in [3.05, 3.63) is 0 Å². The molecule has 6 unspecified atom stereocenters. The first-order chi connectivity index (χ1) is 12.8. The zero-order chi connectivity index (χ0) is 21.6. The van der Waals surface area contributed by atoms with Gasteiger partial charge in [0.05, 0.1) is 18.8 Å². The third-order valence-corrected chi connectivity index (χ3v) is 7.52. The van der Waals surface area contributed by atoms with Crippen molar-refractivity contribution in [1.29, 1.82) is 0 Å². The molecule has 166 valence electrons. The Morgan fingerprint density at radius 2 is 1.71 bits per heavy atom. The molecule has 6 atom stereocenters. The average molecular weight is 472 g/mol. The monoisotopic (exact) mass is 472 g/mol. The number of aliphatic hydroxyl groups is 1. The molecule has 0 aliphatic carbocycles. The first-order valence-corrected chi connectivity index (χ1v) is 12.2. The van der Waals surface area contributed by atoms with Gasteiger partial charge in [-0.2, -0.15) is 8.62 Å². The Hall–Kier alpha value is -0.240. The Kier molecular flexibility index (Phi) is 9.85. The molecule has 0 aromatic heterocycles. The molecule has 0 aromatic rings. The van der Waals surface area contributed by atoms with Crippen LogP contribution in [-0.4, -0.2) is 70.9 Å². The molecule has 1 aliphatic heterocycles. The molecule has 1 fully saturated rings. The highest BCUT2D eigenvalue weighted by molar-refractivity contribution is 7.66. The van der Waals surface area contributed by atoms with E-state index >= 15 is 0 Å². The van der Waals surface area contributed by atoms with Crippen molar-refractivity contribution < 1.29 is 60.7 Å². The smallest absolute Gasteiger partial charge is 0.390 e. The van der Waals surface area contributed by atoms with Gasteiger partial charge in [-0.15, -0.1) is 0 Å². The van der Waals surface area contributed by atoms with Crippen molar-refractivity contribution >= 4 is 29.4 Å². The van der Waals surface area contributed by atoms with Crippen molar-refractivity contribution in [3.63, 3.8) is 0 Å². The maximum absolute atomic E-state index is 11.7. The highest BCUT2D eigenvalue weighted by Gasteiger charge is 2.43. The summed E-state index contributed by atoms with van der Waals surface area (Å²) in [7, 11) is -14.6. The van der Waals surface area contributed by atoms with Crippen LogP contribution < -0.4 is 10.6 Å². The molecule has 1 aliphatic rings. The fraction of sp³-hybridized carbons (Fsp3) is 0.900. The number of carbonyl (C=O) groups is 1. The fourth-order valence-corrected chi connectivity index (χ4v) is 5.17. The lowest BCUT2D eigenvalue weighted by Crippen LogP contribution is -2.41. The largest absolute Gasteiger partial charge is 0.490 e. The van der Waals surface area contributed by atoms with Gasteiger partial charge in [0.15, 0.2) is 0 Å². The summed E-state index contributed by atoms with van der Waals surface area (Å²) in [5.74, 6) is -0.615. The summed E-state index contributed by atoms with van der Waals surface area (Å²) in [6.07, 6.45) is -1.66. The van der Waals surface area contributed by atoms with E-state index in [-0.39, 0.29) is 13.0 Å². The highest BCUT2D eigenvalue weighted by Crippen LogP contribution is 2.67. The maximum atomic E-state index is 11.7. The minimum atomic E-state index is -5.61. The molecule has 0 bridgehead atoms. The van der Waals surface area contributed by atoms with Gasteiger partial charge in [0.25, 0.3) is 0 Å². The number of hydrogen-bond acceptors (Lipinski definition) is 11. The fourth-order valence-electron chi connectivity index (χ4n) is 1.76. The lowest BCUT2D eigenvalue weighted by atomic mass is 10.2. The van der Waals surface area contributed by atoms with Crippen LogP contribution in [0.3, 0.4) is 0 Å². The van der Waals surface area contributed by atoms with E-state index in [4.69, 9.17) is 4.74 Å². The van der Waals surface area contributed by atoms with E-state index < -0.39 is 61.0 Å². The van der Waals surface area contributed by atoms with Gasteiger partial charge in [0, 0.05) is 6.61 Å². The number of phosphoric acid groups is 3. The van der Waals surface area contributed by atoms with E-state index in [1.165, 1.54) is 14.0 Å². The van der Waals surface area contributed by atoms with E-state index in [0.717, 1.165) is 0 Å². The number of nitrogens with one attached hydrogen (secondary N) is 2. The molecular formula is C10H23N2O13P3. The molecule has 0 radical (unpaired) electrons. The second-order valence-electron chi connectivity index (χ2n) is 5.45. The lowest BCUT2D eigenvalue weighted by Gasteiger charge is -2.20. The van der Waals surface area contributed by atoms with Gasteiger partial charge in [0.1, 0.15) is 12.8 Å². The summed E-state index contributed by atoms with van der Waals surface area (Å²) in [6, 6.07) is -0.658. The van der Waals surface area contributed by atoms with Crippen LogP contribution in [0.5, 0.6) is 0 Å². The summed E-state index contributed by atoms with van der Waals surface area (Å²) in [5.41, 5.74) is 0. The minimum Gasteiger partial charge on any atom is -0.390 e. The normalized spacial score (nSPS) is 27.4. The Morgan fingerprint density at radius 1 is 1.14 bits per heavy atom. The number of phosphoric ester groups is 2. The third-order valence-electron chi connectivity index (χ3n) is 3.29. The summed E-state index contributed by atoms with van der Waals surface area (Å²) in [4.78, 5) is 39.6. The number of amides is 1. The first kappa shape index (κ1) is 25.8. The zero-order valence-corrected chi connectivity index (χ0v) is 17.5. The molecular weight excluding hydrogens is 449 g/mol. The molecule has 0 aromatic carbocycles. The SMILES string of the molecule is CNC(C)C(=O)NCOP(=O)(O)OP(=O)(O)OP(=O)(O)OCC1OCCC1O. The van der Waals surface area contributed by atoms with Gasteiger partial charge >= 0.3 is 23.5 Å². The maximum Gasteiger partial charge on any atom is 0.490 e. The topological polar surface area (TPSA) is 219 Å². The number of carbonyl (C=O) groups excluding carboxylic acids is 1. The average Bonchev–Trinajstić information content (AvgIpc) is 2.94. The van der Waals surface area contributed by atoms with Crippen LogP contribution in [0.25, 0.3) is 0 Å². The van der Waals surface area contributed by atoms with E-state index in [2.05, 4.69) is 28.3 Å². The number of likely N-dealkylation sites (N-methyl/N-ethyl adjacent to an activating group) is 1. The van der Waals surface area contributed by atoms with Crippen molar-refractivity contribution in [2.24, 2.45) is 0 Å². The van der Waals surface area contributed by atoms with Gasteiger partial charge < -0.3 is 35.2 Å². The Morgan fingerprint density at radius 3 is 2.21 bits per heavy atom. The number of ether oxygens (including phenoxy) is 1. The molecule has 1 saturated heterocycles. The van der Waals surface area contributed by atoms with Gasteiger partial charge in [0.2, 0.25) is 5.91 Å². The number of hydrogen-bond donors (Lipinski definition) is 6. The van der Waals surface area contributed by atoms with Crippen LogP contribution in [-0.2, 0) is 40.9 Å². The predicted octanol–water partition coefficient (Wildman–Crippen LogP) is -0.815. The summed E-state index contributed by atoms with van der Waals surface area (Å²) in [6.45, 7) is 0.136. The van der Waals surface area contributed by atoms with Gasteiger partial charge in [-0.3, -0.25) is 13.8 Å². The van der Waals surface area contributed by atoms with Crippen LogP contribution in [0.1, 0.15) is 13.3 Å². The van der Waals surface area contributed by atoms with Crippen LogP contribution >= 0.6 is 23.5 Å². The molecule has 1 rings (SSSR count). The van der Waals surface area contributed by atoms with Crippen molar-refractivity contribution in [3.8, 4) is 0 Å². The molecule has 18 heteroatoms. The van der Waals surface area contributed by atoms with Crippen LogP contribution in [0.15, 0.2) is 0 Å². The molecule has 15 nitrogen and oxygen atoms in total. The van der Waals surface area contributed by atoms with Crippen LogP contribution in [0, 0.1) is 0 Å². The summed E-state index contributed by atoms with van der Waals surface area (Å²) < 4.78 is 56.3. The van der Waals surface area contributed by atoms with Gasteiger partial charge in [-0.25, -0.2) is 13.7 Å². The van der Waals surface area contributed by atoms with E-state index in [1.54, 1.807) is 0 Å². The summed E-state index contributed by atoms with van der Waals surface area (Å²) >= 11 is 0. The van der Waals surface area contributed by atoms with Crippen molar-refractivity contribution in [2.45, 2.75) is 31.6 Å². The van der Waals surface area contributed by atoms with Gasteiger partial charge in [-0.05, 0) is 20.4 Å². The second kappa shape index (κ2) is 10.7. The molecule has 6 N–H and O–H groups in total. The minimum absolute atomic E-state index is 0.183. The standard InChI is InChI=1S/C10H23N2O13P3/c1-7(11-2)10(14)12-6-23-27(17,18)25-28(19,20)24-26(15,16)22-5-9-8(13)3-4-21-9/h7-9,11,13H,3-6H2,1-2H3,(H,12,14)(H,15,16)(H,17,18)(H,19,20). The van der Waals surface area contributed by atoms with Crippen molar-refractivity contribution in [1.82, 2.24) is 10.6 Å². The highest BCUT2D eigenvalue weighted by atomic mass is 31.3. The number of aliphatic hydroxyl groups excluding tert-OH is 1. The Labute approximate surface area is 160 Å². The van der Waals surface area contributed by atoms with Crippen molar-refractivity contribution in [2.75, 3.05) is 27.0 Å². The summed E-state index contributed by atoms with van der Waals surface area (Å²) in [5, 5.41) is 14.1. The first-order valence-electron chi connectivity index (χ1n) is 7.72. The zero-order valence-electron chi connectivity index (χ0n) is 14.9.